The fraction of sp³-hybridized carbons (Fsp3) is 0.480. The van der Waals surface area contributed by atoms with Gasteiger partial charge in [0.05, 0.1) is 30.4 Å². The monoisotopic (exact) mass is 452 g/mol. The van der Waals surface area contributed by atoms with Crippen LogP contribution in [0.2, 0.25) is 0 Å². The van der Waals surface area contributed by atoms with E-state index in [0.717, 1.165) is 62.1 Å². The molecule has 2 aliphatic rings. The van der Waals surface area contributed by atoms with Gasteiger partial charge in [-0.1, -0.05) is 0 Å². The molecule has 1 N–H and O–H groups in total. The molecule has 3 aromatic rings. The number of pyridine rings is 1. The van der Waals surface area contributed by atoms with Crippen molar-refractivity contribution >= 4 is 22.8 Å². The third-order valence-corrected chi connectivity index (χ3v) is 6.80. The van der Waals surface area contributed by atoms with E-state index in [9.17, 15) is 9.18 Å². The van der Waals surface area contributed by atoms with Gasteiger partial charge in [0.15, 0.2) is 0 Å². The molecule has 0 radical (unpaired) electrons. The minimum Gasteiger partial charge on any atom is -0.469 e. The second kappa shape index (κ2) is 9.47. The topological polar surface area (TPSA) is 80.3 Å². The summed E-state index contributed by atoms with van der Waals surface area (Å²) in [5, 5.41) is 0. The summed E-state index contributed by atoms with van der Waals surface area (Å²) in [6, 6.07) is 8.52. The second-order valence-electron chi connectivity index (χ2n) is 9.07. The number of aromatic nitrogens is 3. The van der Waals surface area contributed by atoms with Crippen LogP contribution in [-0.4, -0.2) is 53.3 Å². The molecule has 5 rings (SSSR count). The van der Waals surface area contributed by atoms with Crippen LogP contribution >= 0.6 is 0 Å². The van der Waals surface area contributed by atoms with E-state index in [1.807, 2.05) is 12.1 Å². The number of ether oxygens (including phenoxy) is 2. The lowest BCUT2D eigenvalue weighted by Gasteiger charge is -2.30. The number of aromatic amines is 1. The molecule has 0 spiro atoms. The Labute approximate surface area is 192 Å². The number of carbonyl (C=O) groups is 1. The summed E-state index contributed by atoms with van der Waals surface area (Å²) < 4.78 is 24.6. The summed E-state index contributed by atoms with van der Waals surface area (Å²) in [4.78, 5) is 26.1. The van der Waals surface area contributed by atoms with Crippen LogP contribution in [-0.2, 0) is 14.3 Å². The fourth-order valence-electron chi connectivity index (χ4n) is 4.94. The molecule has 1 aliphatic carbocycles. The number of nitrogens with zero attached hydrogens (tertiary/aromatic N) is 3. The third-order valence-electron chi connectivity index (χ3n) is 6.80. The minimum absolute atomic E-state index is 0.112. The predicted molar refractivity (Wildman–Crippen MR) is 123 cm³/mol. The lowest BCUT2D eigenvalue weighted by Crippen LogP contribution is -2.30. The molecule has 174 valence electrons. The van der Waals surface area contributed by atoms with E-state index in [2.05, 4.69) is 19.9 Å². The maximum Gasteiger partial charge on any atom is 0.305 e. The SMILES string of the molecule is COC(=O)CC1CCC(OC2CCN(c3ccc(-c4nc5ccc(F)cc5[nH]4)cn3)C2)CC1. The van der Waals surface area contributed by atoms with Crippen molar-refractivity contribution in [3.63, 3.8) is 0 Å². The van der Waals surface area contributed by atoms with Gasteiger partial charge in [-0.05, 0) is 68.4 Å². The zero-order chi connectivity index (χ0) is 22.8. The van der Waals surface area contributed by atoms with Gasteiger partial charge in [0, 0.05) is 31.3 Å². The van der Waals surface area contributed by atoms with Crippen LogP contribution in [0.3, 0.4) is 0 Å². The van der Waals surface area contributed by atoms with Crippen LogP contribution in [0.15, 0.2) is 36.5 Å². The van der Waals surface area contributed by atoms with Gasteiger partial charge < -0.3 is 19.4 Å². The van der Waals surface area contributed by atoms with Crippen LogP contribution in [0.1, 0.15) is 38.5 Å². The third kappa shape index (κ3) is 5.00. The molecule has 2 fully saturated rings. The molecule has 1 saturated carbocycles. The van der Waals surface area contributed by atoms with Gasteiger partial charge in [0.1, 0.15) is 17.5 Å². The molecular weight excluding hydrogens is 423 g/mol. The molecule has 8 heteroatoms. The lowest BCUT2D eigenvalue weighted by atomic mass is 9.85. The molecule has 0 bridgehead atoms. The van der Waals surface area contributed by atoms with Crippen molar-refractivity contribution in [2.45, 2.75) is 50.7 Å². The zero-order valence-electron chi connectivity index (χ0n) is 18.8. The quantitative estimate of drug-likeness (QED) is 0.556. The number of hydrogen-bond donors (Lipinski definition) is 1. The number of carbonyl (C=O) groups excluding carboxylic acids is 1. The van der Waals surface area contributed by atoms with Crippen molar-refractivity contribution in [2.75, 3.05) is 25.1 Å². The Kier molecular flexibility index (Phi) is 6.26. The van der Waals surface area contributed by atoms with Gasteiger partial charge in [0.25, 0.3) is 0 Å². The molecule has 2 aromatic heterocycles. The molecule has 3 heterocycles. The molecule has 33 heavy (non-hydrogen) atoms. The van der Waals surface area contributed by atoms with E-state index in [-0.39, 0.29) is 24.0 Å². The second-order valence-corrected chi connectivity index (χ2v) is 9.07. The van der Waals surface area contributed by atoms with Crippen LogP contribution in [0, 0.1) is 11.7 Å². The van der Waals surface area contributed by atoms with E-state index in [1.165, 1.54) is 19.2 Å². The number of hydrogen-bond acceptors (Lipinski definition) is 6. The van der Waals surface area contributed by atoms with Crippen LogP contribution in [0.4, 0.5) is 10.2 Å². The normalized spacial score (nSPS) is 23.2. The fourth-order valence-corrected chi connectivity index (χ4v) is 4.94. The van der Waals surface area contributed by atoms with Crippen LogP contribution in [0.5, 0.6) is 0 Å². The Morgan fingerprint density at radius 1 is 1.15 bits per heavy atom. The Bertz CT molecular complexity index is 1110. The van der Waals surface area contributed by atoms with Gasteiger partial charge in [0.2, 0.25) is 0 Å². The molecular formula is C25H29FN4O3. The van der Waals surface area contributed by atoms with Gasteiger partial charge in [-0.2, -0.15) is 0 Å². The van der Waals surface area contributed by atoms with E-state index in [0.29, 0.717) is 23.7 Å². The summed E-state index contributed by atoms with van der Waals surface area (Å²) in [6.45, 7) is 1.75. The molecule has 7 nitrogen and oxygen atoms in total. The number of methoxy groups -OCH3 is 1. The van der Waals surface area contributed by atoms with Crippen molar-refractivity contribution in [2.24, 2.45) is 5.92 Å². The molecule has 0 amide bonds. The molecule has 1 aromatic carbocycles. The zero-order valence-corrected chi connectivity index (χ0v) is 18.8. The van der Waals surface area contributed by atoms with Crippen molar-refractivity contribution in [3.8, 4) is 11.4 Å². The number of fused-ring (bicyclic) bond motifs is 1. The predicted octanol–water partition coefficient (Wildman–Crippen LogP) is 4.48. The average molecular weight is 453 g/mol. The maximum atomic E-state index is 13.4. The first-order valence-electron chi connectivity index (χ1n) is 11.7. The van der Waals surface area contributed by atoms with Crippen LogP contribution < -0.4 is 4.90 Å². The van der Waals surface area contributed by atoms with Gasteiger partial charge in [-0.15, -0.1) is 0 Å². The number of benzene rings is 1. The molecule has 1 saturated heterocycles. The minimum atomic E-state index is -0.286. The Morgan fingerprint density at radius 2 is 2.00 bits per heavy atom. The summed E-state index contributed by atoms with van der Waals surface area (Å²) in [6.07, 6.45) is 7.85. The highest BCUT2D eigenvalue weighted by Gasteiger charge is 2.30. The largest absolute Gasteiger partial charge is 0.469 e. The van der Waals surface area contributed by atoms with E-state index >= 15 is 0 Å². The summed E-state index contributed by atoms with van der Waals surface area (Å²) >= 11 is 0. The number of anilines is 1. The van der Waals surface area contributed by atoms with E-state index < -0.39 is 0 Å². The smallest absolute Gasteiger partial charge is 0.305 e. The standard InChI is InChI=1S/C25H29FN4O3/c1-32-24(31)12-16-2-6-19(7-3-16)33-20-10-11-30(15-20)23-9-4-17(14-27-23)25-28-21-8-5-18(26)13-22(21)29-25/h4-5,8-9,13-14,16,19-20H,2-3,6-7,10-12,15H2,1H3,(H,28,29). The Morgan fingerprint density at radius 3 is 2.76 bits per heavy atom. The van der Waals surface area contributed by atoms with Crippen molar-refractivity contribution in [1.82, 2.24) is 15.0 Å². The summed E-state index contributed by atoms with van der Waals surface area (Å²) in [7, 11) is 1.45. The lowest BCUT2D eigenvalue weighted by molar-refractivity contribution is -0.142. The first kappa shape index (κ1) is 21.8. The Balaban J connectivity index is 1.14. The Hall–Kier alpha value is -3.00. The summed E-state index contributed by atoms with van der Waals surface area (Å²) in [5.41, 5.74) is 2.27. The first-order chi connectivity index (χ1) is 16.1. The number of H-pyrrole nitrogens is 1. The number of halogens is 1. The number of nitrogens with one attached hydrogen (secondary N) is 1. The van der Waals surface area contributed by atoms with Crippen LogP contribution in [0.25, 0.3) is 22.4 Å². The van der Waals surface area contributed by atoms with Crippen molar-refractivity contribution < 1.29 is 18.7 Å². The summed E-state index contributed by atoms with van der Waals surface area (Å²) in [5.74, 6) is 1.63. The molecule has 1 unspecified atom stereocenters. The van der Waals surface area contributed by atoms with Gasteiger partial charge >= 0.3 is 5.97 Å². The number of esters is 1. The van der Waals surface area contributed by atoms with E-state index in [1.54, 1.807) is 12.3 Å². The highest BCUT2D eigenvalue weighted by atomic mass is 19.1. The highest BCUT2D eigenvalue weighted by Crippen LogP contribution is 2.31. The van der Waals surface area contributed by atoms with E-state index in [4.69, 9.17) is 9.47 Å². The van der Waals surface area contributed by atoms with Gasteiger partial charge in [-0.3, -0.25) is 4.79 Å². The molecule has 1 aliphatic heterocycles. The molecule has 1 atom stereocenters. The van der Waals surface area contributed by atoms with Crippen molar-refractivity contribution in [1.29, 1.82) is 0 Å². The average Bonchev–Trinajstić information content (AvgIpc) is 3.47. The van der Waals surface area contributed by atoms with Crippen molar-refractivity contribution in [3.05, 3.63) is 42.3 Å². The first-order valence-corrected chi connectivity index (χ1v) is 11.7. The van der Waals surface area contributed by atoms with Gasteiger partial charge in [-0.25, -0.2) is 14.4 Å². The maximum absolute atomic E-state index is 13.4. The number of imidazole rings is 1. The number of rotatable bonds is 6. The highest BCUT2D eigenvalue weighted by molar-refractivity contribution is 5.79.